The smallest absolute Gasteiger partial charge is 0.410 e. The van der Waals surface area contributed by atoms with Crippen molar-refractivity contribution in [2.75, 3.05) is 0 Å². The highest BCUT2D eigenvalue weighted by atomic mass is 79.9. The Morgan fingerprint density at radius 2 is 1.70 bits per heavy atom. The molecule has 5 rings (SSSR count). The van der Waals surface area contributed by atoms with Gasteiger partial charge in [-0.3, -0.25) is 0 Å². The van der Waals surface area contributed by atoms with Crippen molar-refractivity contribution in [1.82, 2.24) is 4.90 Å². The maximum absolute atomic E-state index is 12.9. The van der Waals surface area contributed by atoms with Gasteiger partial charge in [-0.15, -0.1) is 0 Å². The van der Waals surface area contributed by atoms with Crippen molar-refractivity contribution < 1.29 is 14.3 Å². The third-order valence-corrected chi connectivity index (χ3v) is 6.77. The zero-order valence-electron chi connectivity index (χ0n) is 17.6. The van der Waals surface area contributed by atoms with Crippen molar-refractivity contribution >= 4 is 27.6 Å². The molecule has 0 aliphatic carbocycles. The number of fused-ring (bicyclic) bond motifs is 4. The molecule has 156 valence electrons. The first-order valence-electron chi connectivity index (χ1n) is 10.6. The molecule has 0 saturated carbocycles. The molecule has 2 atom stereocenters. The summed E-state index contributed by atoms with van der Waals surface area (Å²) in [7, 11) is 0. The van der Waals surface area contributed by atoms with Gasteiger partial charge in [0.1, 0.15) is 17.1 Å². The Bertz CT molecular complexity index is 1040. The molecule has 3 aliphatic heterocycles. The zero-order chi connectivity index (χ0) is 21.0. The number of hydrogen-bond acceptors (Lipinski definition) is 3. The molecular formula is C25H26BrNO3. The van der Waals surface area contributed by atoms with Gasteiger partial charge in [-0.1, -0.05) is 35.9 Å². The molecule has 0 N–H and O–H groups in total. The van der Waals surface area contributed by atoms with Crippen LogP contribution in [0.4, 0.5) is 4.79 Å². The maximum atomic E-state index is 12.9. The topological polar surface area (TPSA) is 38.8 Å². The first-order chi connectivity index (χ1) is 14.3. The van der Waals surface area contributed by atoms with Gasteiger partial charge in [0.25, 0.3) is 0 Å². The molecule has 4 nitrogen and oxygen atoms in total. The first-order valence-corrected chi connectivity index (χ1v) is 11.4. The Kier molecular flexibility index (Phi) is 4.69. The van der Waals surface area contributed by atoms with Crippen LogP contribution in [0, 0.1) is 0 Å². The number of carbonyl (C=O) groups excluding carboxylic acids is 1. The number of rotatable bonds is 0. The average Bonchev–Trinajstić information content (AvgIpc) is 2.96. The van der Waals surface area contributed by atoms with Crippen molar-refractivity contribution in [1.29, 1.82) is 0 Å². The van der Waals surface area contributed by atoms with Crippen LogP contribution in [0.3, 0.4) is 0 Å². The minimum atomic E-state index is -0.472. The molecule has 0 spiro atoms. The van der Waals surface area contributed by atoms with Crippen LogP contribution in [0.5, 0.6) is 11.5 Å². The molecule has 2 aromatic carbocycles. The largest absolute Gasteiger partial charge is 0.455 e. The van der Waals surface area contributed by atoms with E-state index >= 15 is 0 Å². The van der Waals surface area contributed by atoms with Crippen molar-refractivity contribution in [2.45, 2.75) is 64.1 Å². The number of hydrogen-bond donors (Lipinski definition) is 0. The van der Waals surface area contributed by atoms with Crippen molar-refractivity contribution in [2.24, 2.45) is 0 Å². The first kappa shape index (κ1) is 19.7. The summed E-state index contributed by atoms with van der Waals surface area (Å²) < 4.78 is 12.9. The van der Waals surface area contributed by atoms with E-state index in [9.17, 15) is 4.79 Å². The van der Waals surface area contributed by atoms with Gasteiger partial charge in [0, 0.05) is 23.2 Å². The summed E-state index contributed by atoms with van der Waals surface area (Å²) in [6.45, 7) is 5.79. The highest BCUT2D eigenvalue weighted by Crippen LogP contribution is 2.51. The maximum Gasteiger partial charge on any atom is 0.410 e. The highest BCUT2D eigenvalue weighted by Gasteiger charge is 2.44. The van der Waals surface area contributed by atoms with Crippen LogP contribution in [0.15, 0.2) is 52.5 Å². The Morgan fingerprint density at radius 1 is 1.03 bits per heavy atom. The van der Waals surface area contributed by atoms with Crippen LogP contribution in [0.2, 0.25) is 0 Å². The number of benzene rings is 2. The van der Waals surface area contributed by atoms with Gasteiger partial charge in [0.2, 0.25) is 0 Å². The third-order valence-electron chi connectivity index (χ3n) is 6.15. The molecule has 5 heteroatoms. The zero-order valence-corrected chi connectivity index (χ0v) is 19.2. The van der Waals surface area contributed by atoms with Gasteiger partial charge < -0.3 is 14.4 Å². The summed E-state index contributed by atoms with van der Waals surface area (Å²) in [5, 5.41) is 0. The molecule has 2 aromatic rings. The Balaban J connectivity index is 1.56. The van der Waals surface area contributed by atoms with E-state index in [-0.39, 0.29) is 18.2 Å². The lowest BCUT2D eigenvalue weighted by atomic mass is 9.84. The lowest BCUT2D eigenvalue weighted by Crippen LogP contribution is -2.47. The van der Waals surface area contributed by atoms with Gasteiger partial charge in [0.15, 0.2) is 0 Å². The molecule has 30 heavy (non-hydrogen) atoms. The van der Waals surface area contributed by atoms with E-state index < -0.39 is 5.60 Å². The van der Waals surface area contributed by atoms with Gasteiger partial charge in [-0.05, 0) is 80.1 Å². The lowest BCUT2D eigenvalue weighted by molar-refractivity contribution is 0.0115. The number of carbonyl (C=O) groups is 1. The van der Waals surface area contributed by atoms with E-state index in [1.807, 2.05) is 43.9 Å². The summed E-state index contributed by atoms with van der Waals surface area (Å²) in [6, 6.07) is 14.9. The van der Waals surface area contributed by atoms with Crippen LogP contribution in [-0.2, 0) is 4.74 Å². The molecule has 2 fully saturated rings. The van der Waals surface area contributed by atoms with Crippen LogP contribution in [0.1, 0.15) is 57.6 Å². The second kappa shape index (κ2) is 7.16. The summed E-state index contributed by atoms with van der Waals surface area (Å²) in [6.07, 6.45) is 3.65. The summed E-state index contributed by atoms with van der Waals surface area (Å²) in [5.74, 6) is 1.77. The Morgan fingerprint density at radius 3 is 2.40 bits per heavy atom. The Hall–Kier alpha value is -2.27. The van der Waals surface area contributed by atoms with Crippen molar-refractivity contribution in [3.05, 3.63) is 63.6 Å². The van der Waals surface area contributed by atoms with Gasteiger partial charge in [0.05, 0.1) is 4.47 Å². The van der Waals surface area contributed by atoms with Gasteiger partial charge >= 0.3 is 6.09 Å². The molecule has 3 heterocycles. The minimum Gasteiger partial charge on any atom is -0.455 e. The number of piperidine rings is 1. The van der Waals surface area contributed by atoms with E-state index in [0.717, 1.165) is 52.8 Å². The lowest BCUT2D eigenvalue weighted by Gasteiger charge is -2.38. The predicted octanol–water partition coefficient (Wildman–Crippen LogP) is 6.92. The molecule has 2 bridgehead atoms. The molecule has 2 unspecified atom stereocenters. The molecule has 0 aromatic heterocycles. The molecule has 1 amide bonds. The molecule has 3 aliphatic rings. The number of halogens is 1. The van der Waals surface area contributed by atoms with Gasteiger partial charge in [-0.25, -0.2) is 4.79 Å². The van der Waals surface area contributed by atoms with E-state index in [1.165, 1.54) is 11.1 Å². The quantitative estimate of drug-likeness (QED) is 0.360. The number of nitrogens with zero attached hydrogens (tertiary/aromatic N) is 1. The third kappa shape index (κ3) is 3.33. The fraction of sp³-hybridized carbons (Fsp3) is 0.400. The summed E-state index contributed by atoms with van der Waals surface area (Å²) >= 11 is 3.66. The normalized spacial score (nSPS) is 22.3. The monoisotopic (exact) mass is 467 g/mol. The number of amides is 1. The fourth-order valence-electron chi connectivity index (χ4n) is 5.04. The standard InChI is InChI=1S/C25H26BrNO3/c1-25(2,3)30-24(28)27-16-11-12-17(27)14-15(13-16)22-18-7-4-5-10-21(18)29-23-19(22)8-6-9-20(23)26/h4-10,16-17H,11-14H2,1-3H3. The van der Waals surface area contributed by atoms with Crippen LogP contribution in [-0.4, -0.2) is 28.7 Å². The van der Waals surface area contributed by atoms with Crippen LogP contribution >= 0.6 is 15.9 Å². The van der Waals surface area contributed by atoms with E-state index in [1.54, 1.807) is 0 Å². The van der Waals surface area contributed by atoms with Crippen molar-refractivity contribution in [3.8, 4) is 11.5 Å². The van der Waals surface area contributed by atoms with Crippen molar-refractivity contribution in [3.63, 3.8) is 0 Å². The molecular weight excluding hydrogens is 442 g/mol. The number of para-hydroxylation sites is 2. The molecule has 0 radical (unpaired) electrons. The van der Waals surface area contributed by atoms with Crippen LogP contribution < -0.4 is 4.74 Å². The predicted molar refractivity (Wildman–Crippen MR) is 121 cm³/mol. The Labute approximate surface area is 186 Å². The minimum absolute atomic E-state index is 0.172. The van der Waals surface area contributed by atoms with E-state index in [0.29, 0.717) is 0 Å². The average molecular weight is 468 g/mol. The highest BCUT2D eigenvalue weighted by molar-refractivity contribution is 9.10. The van der Waals surface area contributed by atoms with E-state index in [4.69, 9.17) is 9.47 Å². The number of ether oxygens (including phenoxy) is 2. The summed E-state index contributed by atoms with van der Waals surface area (Å²) in [5.41, 5.74) is 4.48. The SMILES string of the molecule is CC(C)(C)OC(=O)N1C2CCC1CC(=C1c3ccccc3Oc3c(Br)cccc31)C2. The van der Waals surface area contributed by atoms with Gasteiger partial charge in [-0.2, -0.15) is 0 Å². The van der Waals surface area contributed by atoms with Crippen LogP contribution in [0.25, 0.3) is 5.57 Å². The second-order valence-electron chi connectivity index (χ2n) is 9.37. The van der Waals surface area contributed by atoms with E-state index in [2.05, 4.69) is 40.2 Å². The second-order valence-corrected chi connectivity index (χ2v) is 10.2. The fourth-order valence-corrected chi connectivity index (χ4v) is 5.49. The molecule has 2 saturated heterocycles. The summed E-state index contributed by atoms with van der Waals surface area (Å²) in [4.78, 5) is 14.9.